The van der Waals surface area contributed by atoms with E-state index in [1.54, 1.807) is 140 Å². The van der Waals surface area contributed by atoms with E-state index in [2.05, 4.69) is 89.9 Å². The van der Waals surface area contributed by atoms with Gasteiger partial charge in [-0.1, -0.05) is 82.3 Å². The molecule has 6 amide bonds. The molecule has 0 spiro atoms. The van der Waals surface area contributed by atoms with Gasteiger partial charge in [-0.15, -0.1) is 20.5 Å². The van der Waals surface area contributed by atoms with Crippen LogP contribution >= 0.6 is 0 Å². The van der Waals surface area contributed by atoms with Gasteiger partial charge in [-0.25, -0.2) is 0 Å². The normalized spacial score (nSPS) is 11.3. The van der Waals surface area contributed by atoms with Crippen molar-refractivity contribution in [1.82, 2.24) is 20.4 Å². The van der Waals surface area contributed by atoms with E-state index < -0.39 is 35.1 Å². The highest BCUT2D eigenvalue weighted by Gasteiger charge is 2.23. The Balaban J connectivity index is 0.871. The highest BCUT2D eigenvalue weighted by Crippen LogP contribution is 2.43. The Hall–Kier alpha value is -11.4. The number of hydrogen-bond donors (Lipinski definition) is 8. The predicted octanol–water partition coefficient (Wildman–Crippen LogP) is 14.2. The maximum absolute atomic E-state index is 14.2. The fourth-order valence-corrected chi connectivity index (χ4v) is 10.4. The van der Waals surface area contributed by atoms with E-state index in [-0.39, 0.29) is 79.7 Å². The molecule has 0 atom stereocenters. The van der Waals surface area contributed by atoms with Gasteiger partial charge in [-0.2, -0.15) is 0 Å². The molecule has 0 unspecified atom stereocenters. The van der Waals surface area contributed by atoms with E-state index in [0.29, 0.717) is 57.1 Å². The number of phenolic OH excluding ortho intramolecular Hbond substituents is 2. The molecule has 0 saturated carbocycles. The first-order valence-electron chi connectivity index (χ1n) is 30.9. The molecule has 22 heteroatoms. The number of anilines is 4. The molecule has 22 nitrogen and oxygen atoms in total. The second kappa shape index (κ2) is 32.1. The molecular formula is C72H74N12O10. The maximum Gasteiger partial charge on any atom is 0.259 e. The van der Waals surface area contributed by atoms with Crippen molar-refractivity contribution in [3.05, 3.63) is 203 Å². The van der Waals surface area contributed by atoms with E-state index in [4.69, 9.17) is 9.47 Å². The second-order valence-corrected chi connectivity index (χ2v) is 21.7. The van der Waals surface area contributed by atoms with Crippen LogP contribution in [-0.2, 0) is 0 Å². The number of carbonyl (C=O) groups excluding carboxylic acids is 6. The molecule has 8 N–H and O–H groups in total. The molecule has 482 valence electrons. The molecule has 9 rings (SSSR count). The zero-order valence-corrected chi connectivity index (χ0v) is 53.1. The molecule has 0 aliphatic heterocycles. The van der Waals surface area contributed by atoms with Crippen LogP contribution in [0.5, 0.6) is 23.0 Å². The molecule has 0 heterocycles. The second-order valence-electron chi connectivity index (χ2n) is 21.7. The Morgan fingerprint density at radius 3 is 1.15 bits per heavy atom. The first-order valence-corrected chi connectivity index (χ1v) is 30.9. The van der Waals surface area contributed by atoms with Gasteiger partial charge in [-0.3, -0.25) is 28.8 Å². The van der Waals surface area contributed by atoms with E-state index >= 15 is 0 Å². The van der Waals surface area contributed by atoms with Gasteiger partial charge in [0.1, 0.15) is 34.2 Å². The molecule has 0 radical (unpaired) electrons. The molecular weight excluding hydrogens is 1190 g/mol. The first kappa shape index (κ1) is 67.0. The molecule has 0 aromatic heterocycles. The zero-order chi connectivity index (χ0) is 66.7. The van der Waals surface area contributed by atoms with Crippen LogP contribution in [0, 0.1) is 0 Å². The summed E-state index contributed by atoms with van der Waals surface area (Å²) in [6.07, 6.45) is 1.65. The van der Waals surface area contributed by atoms with Crippen LogP contribution in [0.2, 0.25) is 0 Å². The molecule has 9 aromatic carbocycles. The Morgan fingerprint density at radius 2 is 0.766 bits per heavy atom. The number of hydrogen-bond acceptors (Lipinski definition) is 16. The average molecular weight is 1270 g/mol. The third-order valence-electron chi connectivity index (χ3n) is 15.7. The molecule has 0 fully saturated rings. The standard InChI is InChI=1S/C72H74N12O10/c1-7-83(8-2)38-16-36-73-67(87)45-24-30-51(31-25-45)75-69(89)49-28-34-61(93-5)59(42-49)79-81-63-55-22-13-11-18-47(55)40-57(65(63)85)71(91)77-53-20-15-21-54(44-53)78-72(92)58-41-48-19-12-14-23-56(48)64(66(58)86)82-80-60-43-50(29-35-62(60)94-6)70(90)76-52-32-26-46(27-33-52)68(88)74-37-17-39-84(9-3)10-4/h11-15,18-35,40-44,85-86H,7-10,16-17,36-39H2,1-6H3,(H,73,87)(H,74,88)(H,75,89)(H,76,90)(H,77,91)(H,78,92). The number of nitrogens with one attached hydrogen (secondary N) is 6. The van der Waals surface area contributed by atoms with Gasteiger partial charge in [-0.05, 0) is 178 Å². The lowest BCUT2D eigenvalue weighted by Gasteiger charge is -2.17. The van der Waals surface area contributed by atoms with Crippen molar-refractivity contribution in [3.63, 3.8) is 0 Å². The van der Waals surface area contributed by atoms with Gasteiger partial charge in [0, 0.05) is 68.9 Å². The van der Waals surface area contributed by atoms with Crippen LogP contribution < -0.4 is 41.4 Å². The molecule has 0 saturated heterocycles. The van der Waals surface area contributed by atoms with Gasteiger partial charge >= 0.3 is 0 Å². The van der Waals surface area contributed by atoms with E-state index in [9.17, 15) is 39.0 Å². The van der Waals surface area contributed by atoms with E-state index in [1.165, 1.54) is 44.6 Å². The van der Waals surface area contributed by atoms with Crippen LogP contribution in [0.15, 0.2) is 190 Å². The fourth-order valence-electron chi connectivity index (χ4n) is 10.4. The summed E-state index contributed by atoms with van der Waals surface area (Å²) in [7, 11) is 2.87. The lowest BCUT2D eigenvalue weighted by Crippen LogP contribution is -2.29. The SMILES string of the molecule is CCN(CC)CCCNC(=O)c1ccc(NC(=O)c2ccc(OC)c(N=Nc3c(O)c(C(=O)Nc4cccc(NC(=O)c5cc6ccccc6c(N=Nc6cc(C(=O)Nc7ccc(C(=O)NCCCN(CC)CC)cc7)ccc6OC)c5O)c4)cc4ccccc34)c2)cc1. The zero-order valence-electron chi connectivity index (χ0n) is 53.1. The summed E-state index contributed by atoms with van der Waals surface area (Å²) in [5.74, 6) is -3.29. The number of aromatic hydroxyl groups is 2. The van der Waals surface area contributed by atoms with Gasteiger partial charge in [0.05, 0.1) is 25.3 Å². The summed E-state index contributed by atoms with van der Waals surface area (Å²) in [5.41, 5.74) is 2.57. The largest absolute Gasteiger partial charge is 0.505 e. The number of ether oxygens (including phenoxy) is 2. The summed E-state index contributed by atoms with van der Waals surface area (Å²) in [6.45, 7) is 15.1. The molecule has 0 aliphatic rings. The van der Waals surface area contributed by atoms with Crippen molar-refractivity contribution in [2.45, 2.75) is 40.5 Å². The Kier molecular flexibility index (Phi) is 22.9. The summed E-state index contributed by atoms with van der Waals surface area (Å²) in [4.78, 5) is 85.7. The Labute approximate surface area is 544 Å². The number of azo groups is 2. The van der Waals surface area contributed by atoms with Crippen LogP contribution in [0.1, 0.15) is 103 Å². The highest BCUT2D eigenvalue weighted by atomic mass is 16.5. The molecule has 9 aromatic rings. The molecule has 0 aliphatic carbocycles. The fraction of sp³-hybridized carbons (Fsp3) is 0.222. The average Bonchev–Trinajstić information content (AvgIpc) is 0.794. The summed E-state index contributed by atoms with van der Waals surface area (Å²) in [6, 6.07) is 45.4. The number of rotatable bonds is 28. The van der Waals surface area contributed by atoms with Crippen molar-refractivity contribution in [3.8, 4) is 23.0 Å². The number of amides is 6. The number of benzene rings is 9. The van der Waals surface area contributed by atoms with Crippen LogP contribution in [0.4, 0.5) is 45.5 Å². The smallest absolute Gasteiger partial charge is 0.259 e. The minimum atomic E-state index is -0.728. The lowest BCUT2D eigenvalue weighted by atomic mass is 10.0. The van der Waals surface area contributed by atoms with Crippen molar-refractivity contribution in [1.29, 1.82) is 0 Å². The lowest BCUT2D eigenvalue weighted by molar-refractivity contribution is 0.0943. The maximum atomic E-state index is 14.2. The minimum absolute atomic E-state index is 0.0436. The topological polar surface area (TPSA) is 289 Å². The van der Waals surface area contributed by atoms with Crippen molar-refractivity contribution >= 4 is 102 Å². The van der Waals surface area contributed by atoms with Gasteiger partial charge < -0.3 is 61.4 Å². The number of phenols is 2. The van der Waals surface area contributed by atoms with E-state index in [1.807, 2.05) is 0 Å². The third-order valence-corrected chi connectivity index (χ3v) is 15.7. The monoisotopic (exact) mass is 1270 g/mol. The number of fused-ring (bicyclic) bond motifs is 2. The molecule has 94 heavy (non-hydrogen) atoms. The van der Waals surface area contributed by atoms with Crippen LogP contribution in [0.25, 0.3) is 21.5 Å². The quantitative estimate of drug-likeness (QED) is 0.0168. The summed E-state index contributed by atoms with van der Waals surface area (Å²) in [5, 5.41) is 60.5. The van der Waals surface area contributed by atoms with Crippen LogP contribution in [-0.4, -0.2) is 122 Å². The number of nitrogens with zero attached hydrogens (tertiary/aromatic N) is 6. The Morgan fingerprint density at radius 1 is 0.394 bits per heavy atom. The first-order chi connectivity index (χ1) is 45.6. The molecule has 0 bridgehead atoms. The van der Waals surface area contributed by atoms with Gasteiger partial charge in [0.2, 0.25) is 0 Å². The van der Waals surface area contributed by atoms with Gasteiger partial charge in [0.25, 0.3) is 35.4 Å². The Bertz CT molecular complexity index is 4030. The number of carbonyl (C=O) groups is 6. The predicted molar refractivity (Wildman–Crippen MR) is 366 cm³/mol. The van der Waals surface area contributed by atoms with Crippen molar-refractivity contribution in [2.24, 2.45) is 20.5 Å². The van der Waals surface area contributed by atoms with E-state index in [0.717, 1.165) is 52.1 Å². The number of methoxy groups -OCH3 is 2. The third kappa shape index (κ3) is 16.8. The highest BCUT2D eigenvalue weighted by molar-refractivity contribution is 6.14. The van der Waals surface area contributed by atoms with Crippen LogP contribution in [0.3, 0.4) is 0 Å². The van der Waals surface area contributed by atoms with Crippen molar-refractivity contribution < 1.29 is 48.5 Å². The summed E-state index contributed by atoms with van der Waals surface area (Å²) >= 11 is 0. The summed E-state index contributed by atoms with van der Waals surface area (Å²) < 4.78 is 11.1. The van der Waals surface area contributed by atoms with Crippen molar-refractivity contribution in [2.75, 3.05) is 87.8 Å². The minimum Gasteiger partial charge on any atom is -0.505 e. The van der Waals surface area contributed by atoms with Gasteiger partial charge in [0.15, 0.2) is 11.5 Å².